The normalized spacial score (nSPS) is 10.5. The van der Waals surface area contributed by atoms with Crippen LogP contribution in [0, 0.1) is 0 Å². The van der Waals surface area contributed by atoms with Gasteiger partial charge in [0.1, 0.15) is 0 Å². The van der Waals surface area contributed by atoms with Crippen molar-refractivity contribution in [1.29, 1.82) is 0 Å². The standard InChI is InChI=1S/C24H26N2/c1-4-21-12-8-9-13-23(21)18-26(19(2)3)24-17-25-15-14-22(24)16-20-10-6-5-7-11-20/h5-15,17H,2,4,16,18H2,1,3H3. The van der Waals surface area contributed by atoms with Gasteiger partial charge in [-0.05, 0) is 48.1 Å². The zero-order chi connectivity index (χ0) is 18.4. The highest BCUT2D eigenvalue weighted by Crippen LogP contribution is 2.27. The van der Waals surface area contributed by atoms with Crippen LogP contribution in [0.15, 0.2) is 85.3 Å². The zero-order valence-corrected chi connectivity index (χ0v) is 15.7. The quantitative estimate of drug-likeness (QED) is 0.541. The molecule has 0 amide bonds. The molecule has 0 aliphatic rings. The van der Waals surface area contributed by atoms with Crippen molar-refractivity contribution in [2.45, 2.75) is 33.2 Å². The van der Waals surface area contributed by atoms with E-state index < -0.39 is 0 Å². The smallest absolute Gasteiger partial charge is 0.0633 e. The van der Waals surface area contributed by atoms with Crippen LogP contribution >= 0.6 is 0 Å². The fourth-order valence-corrected chi connectivity index (χ4v) is 3.28. The summed E-state index contributed by atoms with van der Waals surface area (Å²) >= 11 is 0. The summed E-state index contributed by atoms with van der Waals surface area (Å²) in [6.45, 7) is 9.31. The van der Waals surface area contributed by atoms with Crippen LogP contribution in [-0.2, 0) is 19.4 Å². The van der Waals surface area contributed by atoms with E-state index in [4.69, 9.17) is 0 Å². The molecule has 132 valence electrons. The maximum atomic E-state index is 4.39. The molecule has 2 heteroatoms. The summed E-state index contributed by atoms with van der Waals surface area (Å²) in [5.41, 5.74) is 7.45. The highest BCUT2D eigenvalue weighted by Gasteiger charge is 2.14. The third-order valence-corrected chi connectivity index (χ3v) is 4.70. The molecule has 1 heterocycles. The van der Waals surface area contributed by atoms with Crippen molar-refractivity contribution in [3.63, 3.8) is 0 Å². The van der Waals surface area contributed by atoms with Gasteiger partial charge in [-0.25, -0.2) is 0 Å². The van der Waals surface area contributed by atoms with E-state index in [2.05, 4.69) is 91.0 Å². The van der Waals surface area contributed by atoms with E-state index in [0.717, 1.165) is 30.8 Å². The number of nitrogens with zero attached hydrogens (tertiary/aromatic N) is 2. The lowest BCUT2D eigenvalue weighted by Gasteiger charge is -2.28. The van der Waals surface area contributed by atoms with Gasteiger partial charge in [0.05, 0.1) is 11.9 Å². The third kappa shape index (κ3) is 4.20. The Labute approximate surface area is 156 Å². The summed E-state index contributed by atoms with van der Waals surface area (Å²) in [5.74, 6) is 0. The summed E-state index contributed by atoms with van der Waals surface area (Å²) in [6, 6.07) is 21.3. The SMILES string of the molecule is C=C(C)N(Cc1ccccc1CC)c1cnccc1Cc1ccccc1. The Hall–Kier alpha value is -2.87. The van der Waals surface area contributed by atoms with Gasteiger partial charge in [-0.2, -0.15) is 0 Å². The Bertz CT molecular complexity index is 868. The van der Waals surface area contributed by atoms with Crippen molar-refractivity contribution in [3.8, 4) is 0 Å². The maximum absolute atomic E-state index is 4.39. The van der Waals surface area contributed by atoms with Crippen molar-refractivity contribution < 1.29 is 0 Å². The minimum atomic E-state index is 0.812. The first-order valence-corrected chi connectivity index (χ1v) is 9.15. The van der Waals surface area contributed by atoms with Gasteiger partial charge in [-0.1, -0.05) is 68.1 Å². The molecule has 1 aromatic heterocycles. The molecule has 0 saturated heterocycles. The molecular weight excluding hydrogens is 316 g/mol. The third-order valence-electron chi connectivity index (χ3n) is 4.70. The number of pyridine rings is 1. The van der Waals surface area contributed by atoms with Crippen LogP contribution in [-0.4, -0.2) is 4.98 Å². The Kier molecular flexibility index (Phi) is 5.85. The van der Waals surface area contributed by atoms with E-state index in [1.807, 2.05) is 12.4 Å². The number of hydrogen-bond donors (Lipinski definition) is 0. The molecule has 0 spiro atoms. The van der Waals surface area contributed by atoms with Crippen molar-refractivity contribution in [3.05, 3.63) is 108 Å². The molecule has 0 aliphatic heterocycles. The lowest BCUT2D eigenvalue weighted by atomic mass is 10.0. The number of benzene rings is 2. The van der Waals surface area contributed by atoms with Gasteiger partial charge in [0.25, 0.3) is 0 Å². The summed E-state index contributed by atoms with van der Waals surface area (Å²) < 4.78 is 0. The molecule has 0 radical (unpaired) electrons. The van der Waals surface area contributed by atoms with E-state index in [1.54, 1.807) is 0 Å². The Morgan fingerprint density at radius 2 is 1.62 bits per heavy atom. The lowest BCUT2D eigenvalue weighted by molar-refractivity contribution is 0.883. The summed E-state index contributed by atoms with van der Waals surface area (Å²) in [4.78, 5) is 6.67. The largest absolute Gasteiger partial charge is 0.340 e. The summed E-state index contributed by atoms with van der Waals surface area (Å²) in [5, 5.41) is 0. The fourth-order valence-electron chi connectivity index (χ4n) is 3.28. The number of aromatic nitrogens is 1. The van der Waals surface area contributed by atoms with E-state index >= 15 is 0 Å². The second-order valence-corrected chi connectivity index (χ2v) is 6.61. The number of anilines is 1. The van der Waals surface area contributed by atoms with E-state index in [-0.39, 0.29) is 0 Å². The molecule has 3 aromatic rings. The van der Waals surface area contributed by atoms with E-state index in [0.29, 0.717) is 0 Å². The molecule has 0 bridgehead atoms. The van der Waals surface area contributed by atoms with Gasteiger partial charge >= 0.3 is 0 Å². The first-order valence-electron chi connectivity index (χ1n) is 9.15. The first kappa shape index (κ1) is 17.9. The highest BCUT2D eigenvalue weighted by atomic mass is 15.1. The van der Waals surface area contributed by atoms with Crippen LogP contribution in [0.4, 0.5) is 5.69 Å². The molecule has 0 saturated carbocycles. The van der Waals surface area contributed by atoms with E-state index in [1.165, 1.54) is 22.3 Å². The molecule has 26 heavy (non-hydrogen) atoms. The van der Waals surface area contributed by atoms with Gasteiger partial charge in [0, 0.05) is 18.4 Å². The van der Waals surface area contributed by atoms with Crippen LogP contribution < -0.4 is 4.90 Å². The van der Waals surface area contributed by atoms with Crippen LogP contribution in [0.25, 0.3) is 0 Å². The number of allylic oxidation sites excluding steroid dienone is 1. The molecular formula is C24H26N2. The molecule has 0 unspecified atom stereocenters. The lowest BCUT2D eigenvalue weighted by Crippen LogP contribution is -2.22. The van der Waals surface area contributed by atoms with Crippen molar-refractivity contribution in [2.24, 2.45) is 0 Å². The molecule has 0 atom stereocenters. The van der Waals surface area contributed by atoms with Gasteiger partial charge < -0.3 is 4.90 Å². The Morgan fingerprint density at radius 1 is 0.923 bits per heavy atom. The Morgan fingerprint density at radius 3 is 2.31 bits per heavy atom. The van der Waals surface area contributed by atoms with Gasteiger partial charge in [0.15, 0.2) is 0 Å². The van der Waals surface area contributed by atoms with Crippen LogP contribution in [0.1, 0.15) is 36.1 Å². The average molecular weight is 342 g/mol. The second kappa shape index (κ2) is 8.48. The van der Waals surface area contributed by atoms with E-state index in [9.17, 15) is 0 Å². The van der Waals surface area contributed by atoms with Gasteiger partial charge in [-0.15, -0.1) is 0 Å². The average Bonchev–Trinajstić information content (AvgIpc) is 2.67. The Balaban J connectivity index is 1.95. The molecule has 2 nitrogen and oxygen atoms in total. The van der Waals surface area contributed by atoms with Crippen LogP contribution in [0.3, 0.4) is 0 Å². The molecule has 0 aliphatic carbocycles. The predicted molar refractivity (Wildman–Crippen MR) is 110 cm³/mol. The second-order valence-electron chi connectivity index (χ2n) is 6.61. The molecule has 0 N–H and O–H groups in total. The molecule has 2 aromatic carbocycles. The minimum Gasteiger partial charge on any atom is -0.340 e. The van der Waals surface area contributed by atoms with Crippen molar-refractivity contribution in [2.75, 3.05) is 4.90 Å². The maximum Gasteiger partial charge on any atom is 0.0633 e. The molecule has 3 rings (SSSR count). The van der Waals surface area contributed by atoms with Crippen molar-refractivity contribution >= 4 is 5.69 Å². The fraction of sp³-hybridized carbons (Fsp3) is 0.208. The first-order chi connectivity index (χ1) is 12.7. The van der Waals surface area contributed by atoms with Crippen molar-refractivity contribution in [1.82, 2.24) is 4.98 Å². The summed E-state index contributed by atoms with van der Waals surface area (Å²) in [6.07, 6.45) is 5.75. The predicted octanol–water partition coefficient (Wildman–Crippen LogP) is 5.78. The minimum absolute atomic E-state index is 0.812. The van der Waals surface area contributed by atoms with Gasteiger partial charge in [-0.3, -0.25) is 4.98 Å². The number of aryl methyl sites for hydroxylation is 1. The van der Waals surface area contributed by atoms with Crippen LogP contribution in [0.5, 0.6) is 0 Å². The van der Waals surface area contributed by atoms with Gasteiger partial charge in [0.2, 0.25) is 0 Å². The summed E-state index contributed by atoms with van der Waals surface area (Å²) in [7, 11) is 0. The topological polar surface area (TPSA) is 16.1 Å². The zero-order valence-electron chi connectivity index (χ0n) is 15.7. The monoisotopic (exact) mass is 342 g/mol. The number of rotatable bonds is 7. The highest BCUT2D eigenvalue weighted by molar-refractivity contribution is 5.57. The molecule has 0 fully saturated rings. The van der Waals surface area contributed by atoms with Crippen LogP contribution in [0.2, 0.25) is 0 Å². The number of hydrogen-bond acceptors (Lipinski definition) is 2.